The topological polar surface area (TPSA) is 34.5 Å². The summed E-state index contributed by atoms with van der Waals surface area (Å²) in [6, 6.07) is 7.82. The molecule has 0 fully saturated rings. The first-order valence-corrected chi connectivity index (χ1v) is 7.13. The van der Waals surface area contributed by atoms with Crippen LogP contribution in [0.15, 0.2) is 30.5 Å². The summed E-state index contributed by atoms with van der Waals surface area (Å²) in [6.45, 7) is 9.42. The van der Waals surface area contributed by atoms with Gasteiger partial charge in [0.1, 0.15) is 12.4 Å². The second-order valence-corrected chi connectivity index (χ2v) is 4.77. The number of hydrogen-bond donors (Lipinski definition) is 0. The number of nitrogens with zero attached hydrogens (tertiary/aromatic N) is 2. The number of hydrogen-bond acceptors (Lipinski definition) is 3. The van der Waals surface area contributed by atoms with Gasteiger partial charge in [-0.25, -0.2) is 0 Å². The maximum Gasteiger partial charge on any atom is 0.228 e. The average molecular weight is 311 g/mol. The third-order valence-corrected chi connectivity index (χ3v) is 3.57. The summed E-state index contributed by atoms with van der Waals surface area (Å²) < 4.78 is 7.51. The summed E-state index contributed by atoms with van der Waals surface area (Å²) in [4.78, 5) is 14.0. The summed E-state index contributed by atoms with van der Waals surface area (Å²) in [5, 5.41) is 0.988. The normalized spacial score (nSPS) is 10.7. The van der Waals surface area contributed by atoms with E-state index >= 15 is 0 Å². The van der Waals surface area contributed by atoms with Crippen molar-refractivity contribution in [2.24, 2.45) is 0 Å². The first-order valence-electron chi connectivity index (χ1n) is 7.13. The minimum absolute atomic E-state index is 0. The van der Waals surface area contributed by atoms with Crippen molar-refractivity contribution < 1.29 is 9.53 Å². The number of fused-ring (bicyclic) bond motifs is 1. The summed E-state index contributed by atoms with van der Waals surface area (Å²) in [5.41, 5.74) is 0.901. The molecule has 1 aromatic carbocycles. The number of rotatable bonds is 6. The van der Waals surface area contributed by atoms with Crippen LogP contribution in [0.4, 0.5) is 0 Å². The van der Waals surface area contributed by atoms with Gasteiger partial charge in [0.2, 0.25) is 5.91 Å². The monoisotopic (exact) mass is 310 g/mol. The van der Waals surface area contributed by atoms with E-state index in [9.17, 15) is 4.79 Å². The number of carbonyl (C=O) groups excluding carboxylic acids is 1. The third kappa shape index (κ3) is 3.99. The van der Waals surface area contributed by atoms with E-state index in [1.165, 1.54) is 0 Å². The second-order valence-electron chi connectivity index (χ2n) is 4.77. The Kier molecular flexibility index (Phi) is 6.72. The zero-order valence-corrected chi connectivity index (χ0v) is 13.7. The van der Waals surface area contributed by atoms with Gasteiger partial charge in [0.15, 0.2) is 0 Å². The van der Waals surface area contributed by atoms with Crippen LogP contribution in [0.2, 0.25) is 0 Å². The minimum atomic E-state index is -0.000192. The number of halogens is 1. The zero-order chi connectivity index (χ0) is 14.5. The molecule has 1 heterocycles. The molecule has 0 spiro atoms. The van der Waals surface area contributed by atoms with Crippen molar-refractivity contribution >= 4 is 29.2 Å². The van der Waals surface area contributed by atoms with Crippen LogP contribution >= 0.6 is 12.4 Å². The largest absolute Gasteiger partial charge is 0.490 e. The molecule has 0 N–H and O–H groups in total. The number of ether oxygens (including phenoxy) is 1. The molecule has 2 aromatic rings. The molecular weight excluding hydrogens is 288 g/mol. The van der Waals surface area contributed by atoms with Crippen molar-refractivity contribution in [2.45, 2.75) is 20.8 Å². The zero-order valence-electron chi connectivity index (χ0n) is 12.8. The van der Waals surface area contributed by atoms with Crippen molar-refractivity contribution in [3.05, 3.63) is 30.5 Å². The van der Waals surface area contributed by atoms with E-state index in [1.54, 1.807) is 17.7 Å². The van der Waals surface area contributed by atoms with Gasteiger partial charge in [0.25, 0.3) is 0 Å². The highest BCUT2D eigenvalue weighted by molar-refractivity contribution is 5.95. The van der Waals surface area contributed by atoms with E-state index in [2.05, 4.69) is 18.7 Å². The molecule has 0 unspecified atom stereocenters. The van der Waals surface area contributed by atoms with Gasteiger partial charge >= 0.3 is 0 Å². The molecule has 5 heteroatoms. The summed E-state index contributed by atoms with van der Waals surface area (Å²) >= 11 is 0. The standard InChI is InChI=1S/C16H22N2O2.ClH/c1-4-17(5-2)10-11-20-16-12-18(13(3)19)15-9-7-6-8-14(15)16;/h6-9,12H,4-5,10-11H2,1-3H3;1H. The molecule has 0 radical (unpaired) electrons. The molecule has 21 heavy (non-hydrogen) atoms. The number of benzene rings is 1. The number of carbonyl (C=O) groups is 1. The van der Waals surface area contributed by atoms with Crippen LogP contribution < -0.4 is 4.74 Å². The van der Waals surface area contributed by atoms with Crippen LogP contribution in [0, 0.1) is 0 Å². The Morgan fingerprint density at radius 1 is 1.24 bits per heavy atom. The lowest BCUT2D eigenvalue weighted by atomic mass is 10.2. The van der Waals surface area contributed by atoms with Crippen molar-refractivity contribution in [1.29, 1.82) is 0 Å². The van der Waals surface area contributed by atoms with Gasteiger partial charge < -0.3 is 9.64 Å². The Labute approximate surface area is 132 Å². The predicted molar refractivity (Wildman–Crippen MR) is 88.8 cm³/mol. The second kappa shape index (κ2) is 8.05. The van der Waals surface area contributed by atoms with Gasteiger partial charge in [0.05, 0.1) is 11.7 Å². The smallest absolute Gasteiger partial charge is 0.228 e. The lowest BCUT2D eigenvalue weighted by Crippen LogP contribution is -2.27. The maximum absolute atomic E-state index is 11.6. The molecule has 4 nitrogen and oxygen atoms in total. The Morgan fingerprint density at radius 2 is 1.90 bits per heavy atom. The Hall–Kier alpha value is -1.52. The highest BCUT2D eigenvalue weighted by Crippen LogP contribution is 2.27. The molecule has 1 aromatic heterocycles. The van der Waals surface area contributed by atoms with Crippen molar-refractivity contribution in [2.75, 3.05) is 26.2 Å². The van der Waals surface area contributed by atoms with E-state index in [1.807, 2.05) is 24.3 Å². The van der Waals surface area contributed by atoms with Gasteiger partial charge in [-0.1, -0.05) is 26.0 Å². The molecular formula is C16H23ClN2O2. The maximum atomic E-state index is 11.6. The van der Waals surface area contributed by atoms with Gasteiger partial charge in [0, 0.05) is 18.9 Å². The Morgan fingerprint density at radius 3 is 2.52 bits per heavy atom. The van der Waals surface area contributed by atoms with E-state index in [4.69, 9.17) is 4.74 Å². The summed E-state index contributed by atoms with van der Waals surface area (Å²) in [6.07, 6.45) is 1.79. The van der Waals surface area contributed by atoms with Gasteiger partial charge in [-0.05, 0) is 25.2 Å². The number of likely N-dealkylation sites (N-methyl/N-ethyl adjacent to an activating group) is 1. The highest BCUT2D eigenvalue weighted by Gasteiger charge is 2.11. The van der Waals surface area contributed by atoms with Crippen molar-refractivity contribution in [3.8, 4) is 5.75 Å². The van der Waals surface area contributed by atoms with E-state index in [0.29, 0.717) is 6.61 Å². The van der Waals surface area contributed by atoms with Gasteiger partial charge in [-0.2, -0.15) is 0 Å². The predicted octanol–water partition coefficient (Wildman–Crippen LogP) is 3.44. The molecule has 116 valence electrons. The fourth-order valence-electron chi connectivity index (χ4n) is 2.35. The molecule has 0 aliphatic carbocycles. The SMILES string of the molecule is CCN(CC)CCOc1cn(C(C)=O)c2ccccc12.Cl. The lowest BCUT2D eigenvalue weighted by Gasteiger charge is -2.17. The van der Waals surface area contributed by atoms with Crippen molar-refractivity contribution in [3.63, 3.8) is 0 Å². The number of aromatic nitrogens is 1. The minimum Gasteiger partial charge on any atom is -0.490 e. The fourth-order valence-corrected chi connectivity index (χ4v) is 2.35. The molecule has 0 atom stereocenters. The quantitative estimate of drug-likeness (QED) is 0.819. The highest BCUT2D eigenvalue weighted by atomic mass is 35.5. The molecule has 0 amide bonds. The van der Waals surface area contributed by atoms with Crippen molar-refractivity contribution in [1.82, 2.24) is 9.47 Å². The first-order chi connectivity index (χ1) is 9.67. The molecule has 0 aliphatic heterocycles. The van der Waals surface area contributed by atoms with Gasteiger partial charge in [-0.3, -0.25) is 9.36 Å². The summed E-state index contributed by atoms with van der Waals surface area (Å²) in [7, 11) is 0. The Balaban J connectivity index is 0.00000220. The Bertz CT molecular complexity index is 591. The molecule has 0 saturated heterocycles. The van der Waals surface area contributed by atoms with Crippen LogP contribution in [0.5, 0.6) is 5.75 Å². The fraction of sp³-hybridized carbons (Fsp3) is 0.438. The first kappa shape index (κ1) is 17.5. The van der Waals surface area contributed by atoms with E-state index < -0.39 is 0 Å². The van der Waals surface area contributed by atoms with Crippen LogP contribution in [0.1, 0.15) is 25.6 Å². The third-order valence-electron chi connectivity index (χ3n) is 3.57. The van der Waals surface area contributed by atoms with Crippen LogP contribution in [0.3, 0.4) is 0 Å². The molecule has 0 bridgehead atoms. The molecule has 0 aliphatic rings. The van der Waals surface area contributed by atoms with E-state index in [0.717, 1.165) is 36.3 Å². The van der Waals surface area contributed by atoms with Crippen LogP contribution in [0.25, 0.3) is 10.9 Å². The van der Waals surface area contributed by atoms with Crippen LogP contribution in [-0.2, 0) is 0 Å². The summed E-state index contributed by atoms with van der Waals surface area (Å²) in [5.74, 6) is 0.780. The lowest BCUT2D eigenvalue weighted by molar-refractivity contribution is 0.0941. The average Bonchev–Trinajstić information content (AvgIpc) is 2.83. The number of para-hydroxylation sites is 1. The molecule has 2 rings (SSSR count). The van der Waals surface area contributed by atoms with Crippen LogP contribution in [-0.4, -0.2) is 41.6 Å². The van der Waals surface area contributed by atoms with E-state index in [-0.39, 0.29) is 18.3 Å². The molecule has 0 saturated carbocycles. The van der Waals surface area contributed by atoms with Gasteiger partial charge in [-0.15, -0.1) is 12.4 Å².